The molecule has 1 amide bonds. The fourth-order valence-electron chi connectivity index (χ4n) is 4.58. The number of anilines is 1. The minimum atomic E-state index is 0.0215. The van der Waals surface area contributed by atoms with E-state index in [-0.39, 0.29) is 11.8 Å². The molecule has 32 heavy (non-hydrogen) atoms. The maximum absolute atomic E-state index is 13.4. The third-order valence-corrected chi connectivity index (χ3v) is 6.57. The molecule has 3 heterocycles. The summed E-state index contributed by atoms with van der Waals surface area (Å²) in [5, 5.41) is 8.98. The van der Waals surface area contributed by atoms with Crippen LogP contribution in [0, 0.1) is 5.92 Å². The van der Waals surface area contributed by atoms with Crippen molar-refractivity contribution in [1.82, 2.24) is 15.1 Å². The highest BCUT2D eigenvalue weighted by Crippen LogP contribution is 2.29. The summed E-state index contributed by atoms with van der Waals surface area (Å²) in [6.45, 7) is 5.31. The maximum atomic E-state index is 13.4. The Morgan fingerprint density at radius 1 is 1.12 bits per heavy atom. The van der Waals surface area contributed by atoms with Crippen LogP contribution in [-0.2, 0) is 15.9 Å². The molecule has 0 saturated carbocycles. The van der Waals surface area contributed by atoms with Crippen LogP contribution in [0.1, 0.15) is 15.9 Å². The highest BCUT2D eigenvalue weighted by atomic mass is 35.5. The summed E-state index contributed by atoms with van der Waals surface area (Å²) < 4.78 is 11.3. The molecule has 2 fully saturated rings. The lowest BCUT2D eigenvalue weighted by Crippen LogP contribution is -2.38. The first-order chi connectivity index (χ1) is 15.7. The Kier molecular flexibility index (Phi) is 6.30. The van der Waals surface area contributed by atoms with Crippen LogP contribution in [-0.4, -0.2) is 73.6 Å². The lowest BCUT2D eigenvalue weighted by Gasteiger charge is -2.30. The summed E-state index contributed by atoms with van der Waals surface area (Å²) >= 11 is 6.46. The largest absolute Gasteiger partial charge is 0.379 e. The van der Waals surface area contributed by atoms with E-state index in [1.165, 1.54) is 5.56 Å². The topological polar surface area (TPSA) is 70.7 Å². The molecular formula is C24H27ClN4O3. The van der Waals surface area contributed by atoms with Crippen LogP contribution in [0.3, 0.4) is 0 Å². The van der Waals surface area contributed by atoms with Gasteiger partial charge in [-0.15, -0.1) is 0 Å². The van der Waals surface area contributed by atoms with Crippen LogP contribution >= 0.6 is 11.6 Å². The zero-order valence-electron chi connectivity index (χ0n) is 17.9. The van der Waals surface area contributed by atoms with E-state index in [0.29, 0.717) is 50.1 Å². The van der Waals surface area contributed by atoms with Gasteiger partial charge in [0.25, 0.3) is 5.91 Å². The third-order valence-electron chi connectivity index (χ3n) is 6.25. The summed E-state index contributed by atoms with van der Waals surface area (Å²) in [5.41, 5.74) is 3.81. The molecule has 8 heteroatoms. The van der Waals surface area contributed by atoms with Gasteiger partial charge in [0.2, 0.25) is 0 Å². The summed E-state index contributed by atoms with van der Waals surface area (Å²) in [4.78, 5) is 17.5. The Hall–Kier alpha value is -2.61. The number of nitrogens with zero attached hydrogens (tertiary/aromatic N) is 3. The molecule has 1 atom stereocenters. The predicted octanol–water partition coefficient (Wildman–Crippen LogP) is 3.38. The predicted molar refractivity (Wildman–Crippen MR) is 124 cm³/mol. The van der Waals surface area contributed by atoms with E-state index in [1.807, 2.05) is 41.4 Å². The van der Waals surface area contributed by atoms with E-state index in [0.717, 1.165) is 36.1 Å². The Morgan fingerprint density at radius 3 is 2.84 bits per heavy atom. The number of rotatable bonds is 4. The van der Waals surface area contributed by atoms with E-state index in [1.54, 1.807) is 0 Å². The molecule has 3 aromatic rings. The van der Waals surface area contributed by atoms with Crippen LogP contribution in [0.2, 0.25) is 5.02 Å². The zero-order chi connectivity index (χ0) is 21.9. The van der Waals surface area contributed by atoms with Gasteiger partial charge in [-0.1, -0.05) is 23.7 Å². The quantitative estimate of drug-likeness (QED) is 0.654. The molecule has 2 aliphatic heterocycles. The van der Waals surface area contributed by atoms with E-state index in [4.69, 9.17) is 21.1 Å². The van der Waals surface area contributed by atoms with Crippen molar-refractivity contribution in [2.24, 2.45) is 5.92 Å². The van der Waals surface area contributed by atoms with Crippen molar-refractivity contribution < 1.29 is 14.3 Å². The van der Waals surface area contributed by atoms with Crippen LogP contribution in [0.15, 0.2) is 42.6 Å². The monoisotopic (exact) mass is 454 g/mol. The summed E-state index contributed by atoms with van der Waals surface area (Å²) in [7, 11) is 0. The van der Waals surface area contributed by atoms with Crippen molar-refractivity contribution in [3.8, 4) is 0 Å². The van der Waals surface area contributed by atoms with Gasteiger partial charge in [-0.25, -0.2) is 0 Å². The highest BCUT2D eigenvalue weighted by Gasteiger charge is 2.25. The molecule has 1 N–H and O–H groups in total. The molecule has 5 rings (SSSR count). The molecule has 0 bridgehead atoms. The zero-order valence-corrected chi connectivity index (χ0v) is 18.7. The van der Waals surface area contributed by atoms with Crippen LogP contribution in [0.5, 0.6) is 0 Å². The second-order valence-corrected chi connectivity index (χ2v) is 8.82. The normalized spacial score (nSPS) is 19.8. The van der Waals surface area contributed by atoms with Crippen molar-refractivity contribution in [3.05, 3.63) is 58.7 Å². The molecule has 1 aromatic heterocycles. The van der Waals surface area contributed by atoms with Crippen molar-refractivity contribution in [3.63, 3.8) is 0 Å². The first-order valence-electron chi connectivity index (χ1n) is 11.1. The van der Waals surface area contributed by atoms with E-state index < -0.39 is 0 Å². The van der Waals surface area contributed by atoms with Crippen molar-refractivity contribution >= 4 is 34.1 Å². The summed E-state index contributed by atoms with van der Waals surface area (Å²) in [5.74, 6) is 0.237. The van der Waals surface area contributed by atoms with Gasteiger partial charge in [0.05, 0.1) is 48.9 Å². The molecule has 2 aliphatic rings. The lowest BCUT2D eigenvalue weighted by molar-refractivity contribution is 0.0737. The second-order valence-electron chi connectivity index (χ2n) is 8.41. The van der Waals surface area contributed by atoms with Gasteiger partial charge >= 0.3 is 0 Å². The second kappa shape index (κ2) is 9.48. The Morgan fingerprint density at radius 2 is 1.97 bits per heavy atom. The van der Waals surface area contributed by atoms with Gasteiger partial charge in [-0.3, -0.25) is 9.89 Å². The van der Waals surface area contributed by atoms with Gasteiger partial charge in [0.1, 0.15) is 0 Å². The molecule has 0 spiro atoms. The number of morpholine rings is 1. The Bertz CT molecular complexity index is 1100. The molecule has 2 aromatic carbocycles. The number of aromatic amines is 1. The minimum Gasteiger partial charge on any atom is -0.379 e. The van der Waals surface area contributed by atoms with Crippen molar-refractivity contribution in [1.29, 1.82) is 0 Å². The van der Waals surface area contributed by atoms with Crippen molar-refractivity contribution in [2.45, 2.75) is 6.42 Å². The number of halogens is 1. The van der Waals surface area contributed by atoms with Gasteiger partial charge < -0.3 is 19.3 Å². The van der Waals surface area contributed by atoms with E-state index in [2.05, 4.69) is 21.2 Å². The number of nitrogens with one attached hydrogen (secondary N) is 1. The molecule has 0 aliphatic carbocycles. The number of hydrogen-bond donors (Lipinski definition) is 1. The van der Waals surface area contributed by atoms with Gasteiger partial charge in [-0.05, 0) is 36.2 Å². The number of aromatic nitrogens is 2. The standard InChI is InChI=1S/C24H27ClN4O3/c25-21-5-4-19(13-23(21)28-6-9-31-10-7-28)24(30)29-8-11-32-16-17(15-29)12-18-2-1-3-22-20(18)14-26-27-22/h1-5,13-14,17H,6-12,15-16H2,(H,26,27)/t17-/m1/s1. The average Bonchev–Trinajstić information content (AvgIpc) is 3.19. The Balaban J connectivity index is 1.33. The molecular weight excluding hydrogens is 428 g/mol. The number of hydrogen-bond acceptors (Lipinski definition) is 5. The van der Waals surface area contributed by atoms with Crippen LogP contribution < -0.4 is 4.90 Å². The van der Waals surface area contributed by atoms with Gasteiger partial charge in [-0.2, -0.15) is 5.10 Å². The number of H-pyrrole nitrogens is 1. The fraction of sp³-hybridized carbons (Fsp3) is 0.417. The SMILES string of the molecule is O=C(c1ccc(Cl)c(N2CCOCC2)c1)N1CCOC[C@H](Cc2cccc3[nH]ncc23)C1. The lowest BCUT2D eigenvalue weighted by atomic mass is 9.97. The number of carbonyl (C=O) groups excluding carboxylic acids is 1. The molecule has 7 nitrogen and oxygen atoms in total. The number of ether oxygens (including phenoxy) is 2. The minimum absolute atomic E-state index is 0.0215. The average molecular weight is 455 g/mol. The number of carbonyl (C=O) groups is 1. The molecule has 0 unspecified atom stereocenters. The number of fused-ring (bicyclic) bond motifs is 1. The first kappa shape index (κ1) is 21.2. The summed E-state index contributed by atoms with van der Waals surface area (Å²) in [6.07, 6.45) is 2.70. The fourth-order valence-corrected chi connectivity index (χ4v) is 4.82. The Labute approximate surface area is 192 Å². The first-order valence-corrected chi connectivity index (χ1v) is 11.5. The van der Waals surface area contributed by atoms with Crippen LogP contribution in [0.25, 0.3) is 10.9 Å². The highest BCUT2D eigenvalue weighted by molar-refractivity contribution is 6.33. The van der Waals surface area contributed by atoms with Gasteiger partial charge in [0.15, 0.2) is 0 Å². The maximum Gasteiger partial charge on any atom is 0.254 e. The van der Waals surface area contributed by atoms with E-state index in [9.17, 15) is 4.79 Å². The van der Waals surface area contributed by atoms with Crippen LogP contribution in [0.4, 0.5) is 5.69 Å². The summed E-state index contributed by atoms with van der Waals surface area (Å²) in [6, 6.07) is 11.8. The number of benzene rings is 2. The van der Waals surface area contributed by atoms with Gasteiger partial charge in [0, 0.05) is 43.0 Å². The molecule has 2 saturated heterocycles. The van der Waals surface area contributed by atoms with E-state index >= 15 is 0 Å². The number of amides is 1. The third kappa shape index (κ3) is 4.46. The van der Waals surface area contributed by atoms with Crippen molar-refractivity contribution in [2.75, 3.05) is 57.5 Å². The smallest absolute Gasteiger partial charge is 0.254 e. The molecule has 168 valence electrons. The molecule has 0 radical (unpaired) electrons.